The van der Waals surface area contributed by atoms with Gasteiger partial charge in [-0.3, -0.25) is 4.79 Å². The Balaban J connectivity index is 1.24. The van der Waals surface area contributed by atoms with Crippen LogP contribution in [0.4, 0.5) is 22.9 Å². The van der Waals surface area contributed by atoms with Crippen LogP contribution in [0.25, 0.3) is 0 Å². The molecule has 1 N–H and O–H groups in total. The van der Waals surface area contributed by atoms with Gasteiger partial charge in [0.05, 0.1) is 42.8 Å². The number of carbonyl (C=O) groups excluding carboxylic acids is 1. The van der Waals surface area contributed by atoms with Crippen LogP contribution in [-0.2, 0) is 20.8 Å². The molecule has 4 heterocycles. The predicted octanol–water partition coefficient (Wildman–Crippen LogP) is 4.49. The molecule has 35 heavy (non-hydrogen) atoms. The van der Waals surface area contributed by atoms with Gasteiger partial charge in [-0.1, -0.05) is 6.07 Å². The number of ether oxygens (including phenoxy) is 2. The Hall–Kier alpha value is -2.64. The fraction of sp³-hybridized carbons (Fsp3) is 0.571. The van der Waals surface area contributed by atoms with E-state index in [1.165, 1.54) is 5.69 Å². The van der Waals surface area contributed by atoms with Crippen molar-refractivity contribution in [1.82, 2.24) is 4.98 Å². The minimum absolute atomic E-state index is 0.0661. The summed E-state index contributed by atoms with van der Waals surface area (Å²) in [5, 5.41) is 3.53. The number of nitrogens with one attached hydrogen (secondary N) is 1. The van der Waals surface area contributed by atoms with Gasteiger partial charge in [0.2, 0.25) is 5.91 Å². The summed E-state index contributed by atoms with van der Waals surface area (Å²) in [6.45, 7) is 5.10. The highest BCUT2D eigenvalue weighted by Crippen LogP contribution is 2.50. The maximum atomic E-state index is 14.3. The molecular formula is C28H34N4O3. The van der Waals surface area contributed by atoms with E-state index in [0.717, 1.165) is 74.6 Å². The quantitative estimate of drug-likeness (QED) is 0.704. The standard InChI is InChI=1S/C28H34N4O3/c1-2-34-26-10-8-21-22(26)6-7-23(21)28(33)32-14-17-4-3-11-29-27(17)30-24-9-5-18(13-25(24)32)31-15-20-12-19(31)16-35-20/h3-5,9,11,13,19-23,26H,2,6-8,10,12,14-16H2,1H3,(H,29,30)/t19-,20-,21+,22+,23-,26+/m0/s1. The second-order valence-electron chi connectivity index (χ2n) is 10.8. The molecule has 4 fully saturated rings. The maximum absolute atomic E-state index is 14.3. The number of fused-ring (bicyclic) bond motifs is 5. The molecule has 0 radical (unpaired) electrons. The van der Waals surface area contributed by atoms with Gasteiger partial charge in [0.15, 0.2) is 0 Å². The number of pyridine rings is 1. The largest absolute Gasteiger partial charge is 0.378 e. The first-order valence-corrected chi connectivity index (χ1v) is 13.4. The van der Waals surface area contributed by atoms with Gasteiger partial charge in [0.1, 0.15) is 5.82 Å². The molecule has 3 aliphatic heterocycles. The number of carbonyl (C=O) groups is 1. The number of hydrogen-bond donors (Lipinski definition) is 1. The fourth-order valence-electron chi connectivity index (χ4n) is 7.48. The highest BCUT2D eigenvalue weighted by atomic mass is 16.5. The Morgan fingerprint density at radius 2 is 2.11 bits per heavy atom. The summed E-state index contributed by atoms with van der Waals surface area (Å²) in [4.78, 5) is 23.4. The highest BCUT2D eigenvalue weighted by Gasteiger charge is 2.49. The topological polar surface area (TPSA) is 66.9 Å². The molecule has 1 amide bonds. The molecule has 2 saturated carbocycles. The second kappa shape index (κ2) is 8.49. The van der Waals surface area contributed by atoms with Crippen LogP contribution in [-0.4, -0.2) is 48.9 Å². The normalized spacial score (nSPS) is 32.7. The van der Waals surface area contributed by atoms with Crippen molar-refractivity contribution in [2.45, 2.75) is 63.8 Å². The zero-order valence-corrected chi connectivity index (χ0v) is 20.4. The van der Waals surface area contributed by atoms with Crippen LogP contribution >= 0.6 is 0 Å². The number of nitrogens with zero attached hydrogens (tertiary/aromatic N) is 3. The second-order valence-corrected chi connectivity index (χ2v) is 10.8. The third-order valence-electron chi connectivity index (χ3n) is 9.08. The molecule has 2 bridgehead atoms. The van der Waals surface area contributed by atoms with Crippen molar-refractivity contribution in [1.29, 1.82) is 0 Å². The molecule has 0 spiro atoms. The lowest BCUT2D eigenvalue weighted by Crippen LogP contribution is -2.38. The molecule has 2 aliphatic carbocycles. The van der Waals surface area contributed by atoms with E-state index < -0.39 is 0 Å². The number of amides is 1. The molecule has 2 aromatic rings. The molecule has 7 rings (SSSR count). The molecule has 184 valence electrons. The Kier molecular flexibility index (Phi) is 5.24. The molecule has 0 unspecified atom stereocenters. The number of anilines is 4. The van der Waals surface area contributed by atoms with E-state index in [0.29, 0.717) is 36.6 Å². The fourth-order valence-corrected chi connectivity index (χ4v) is 7.48. The van der Waals surface area contributed by atoms with E-state index in [2.05, 4.69) is 46.4 Å². The third kappa shape index (κ3) is 3.54. The van der Waals surface area contributed by atoms with Crippen LogP contribution in [0.15, 0.2) is 36.5 Å². The molecular weight excluding hydrogens is 440 g/mol. The Bertz CT molecular complexity index is 1140. The van der Waals surface area contributed by atoms with Crippen molar-refractivity contribution in [2.24, 2.45) is 17.8 Å². The molecule has 1 aromatic carbocycles. The van der Waals surface area contributed by atoms with Crippen molar-refractivity contribution < 1.29 is 14.3 Å². The monoisotopic (exact) mass is 474 g/mol. The van der Waals surface area contributed by atoms with Crippen LogP contribution in [0.3, 0.4) is 0 Å². The lowest BCUT2D eigenvalue weighted by Gasteiger charge is -2.32. The van der Waals surface area contributed by atoms with Crippen LogP contribution < -0.4 is 15.1 Å². The Morgan fingerprint density at radius 1 is 1.20 bits per heavy atom. The van der Waals surface area contributed by atoms with Gasteiger partial charge < -0.3 is 24.6 Å². The van der Waals surface area contributed by atoms with Crippen molar-refractivity contribution in [3.8, 4) is 0 Å². The number of benzene rings is 1. The Labute approximate surface area is 206 Å². The number of rotatable bonds is 4. The number of hydrogen-bond acceptors (Lipinski definition) is 6. The average molecular weight is 475 g/mol. The maximum Gasteiger partial charge on any atom is 0.230 e. The van der Waals surface area contributed by atoms with E-state index in [1.54, 1.807) is 0 Å². The number of aromatic nitrogens is 1. The van der Waals surface area contributed by atoms with Gasteiger partial charge in [-0.2, -0.15) is 0 Å². The van der Waals surface area contributed by atoms with Crippen LogP contribution in [0.2, 0.25) is 0 Å². The summed E-state index contributed by atoms with van der Waals surface area (Å²) < 4.78 is 11.9. The molecule has 5 aliphatic rings. The van der Waals surface area contributed by atoms with Crippen molar-refractivity contribution in [3.63, 3.8) is 0 Å². The van der Waals surface area contributed by atoms with E-state index in [4.69, 9.17) is 9.47 Å². The molecule has 7 nitrogen and oxygen atoms in total. The minimum Gasteiger partial charge on any atom is -0.378 e. The zero-order chi connectivity index (χ0) is 23.5. The summed E-state index contributed by atoms with van der Waals surface area (Å²) in [6, 6.07) is 11.0. The van der Waals surface area contributed by atoms with Crippen molar-refractivity contribution >= 4 is 28.8 Å². The van der Waals surface area contributed by atoms with E-state index in [-0.39, 0.29) is 11.8 Å². The SMILES string of the molecule is CCO[C@@H]1CC[C@@H]2[C@H]1CC[C@@H]2C(=O)N1Cc2cccnc2Nc2ccc(N3C[C@@H]4C[C@H]3CO4)cc21. The first-order chi connectivity index (χ1) is 17.2. The van der Waals surface area contributed by atoms with Crippen LogP contribution in [0.1, 0.15) is 44.6 Å². The third-order valence-corrected chi connectivity index (χ3v) is 9.08. The highest BCUT2D eigenvalue weighted by molar-refractivity contribution is 6.00. The summed E-state index contributed by atoms with van der Waals surface area (Å²) in [6.07, 6.45) is 7.81. The summed E-state index contributed by atoms with van der Waals surface area (Å²) in [5.41, 5.74) is 4.16. The summed E-state index contributed by atoms with van der Waals surface area (Å²) in [7, 11) is 0. The summed E-state index contributed by atoms with van der Waals surface area (Å²) in [5.74, 6) is 2.12. The lowest BCUT2D eigenvalue weighted by molar-refractivity contribution is -0.123. The van der Waals surface area contributed by atoms with E-state index >= 15 is 0 Å². The predicted molar refractivity (Wildman–Crippen MR) is 135 cm³/mol. The smallest absolute Gasteiger partial charge is 0.230 e. The van der Waals surface area contributed by atoms with Gasteiger partial charge in [0.25, 0.3) is 0 Å². The van der Waals surface area contributed by atoms with Crippen molar-refractivity contribution in [3.05, 3.63) is 42.1 Å². The minimum atomic E-state index is 0.0661. The molecule has 7 heteroatoms. The van der Waals surface area contributed by atoms with E-state index in [9.17, 15) is 4.79 Å². The van der Waals surface area contributed by atoms with E-state index in [1.807, 2.05) is 17.2 Å². The van der Waals surface area contributed by atoms with Crippen LogP contribution in [0, 0.1) is 17.8 Å². The lowest BCUT2D eigenvalue weighted by atomic mass is 9.90. The zero-order valence-electron chi connectivity index (χ0n) is 20.4. The Morgan fingerprint density at radius 3 is 2.94 bits per heavy atom. The van der Waals surface area contributed by atoms with Gasteiger partial charge in [-0.05, 0) is 75.1 Å². The first-order valence-electron chi connectivity index (χ1n) is 13.4. The van der Waals surface area contributed by atoms with Crippen LogP contribution in [0.5, 0.6) is 0 Å². The van der Waals surface area contributed by atoms with Gasteiger partial charge in [0, 0.05) is 36.5 Å². The number of morpholine rings is 1. The van der Waals surface area contributed by atoms with Gasteiger partial charge >= 0.3 is 0 Å². The molecule has 6 atom stereocenters. The van der Waals surface area contributed by atoms with Gasteiger partial charge in [-0.15, -0.1) is 0 Å². The summed E-state index contributed by atoms with van der Waals surface area (Å²) >= 11 is 0. The van der Waals surface area contributed by atoms with Gasteiger partial charge in [-0.25, -0.2) is 4.98 Å². The average Bonchev–Trinajstić information content (AvgIpc) is 3.65. The van der Waals surface area contributed by atoms with Crippen molar-refractivity contribution in [2.75, 3.05) is 34.9 Å². The first kappa shape index (κ1) is 21.6. The molecule has 2 saturated heterocycles. The molecule has 1 aromatic heterocycles.